The number of thioether (sulfide) groups is 1. The zero-order valence-electron chi connectivity index (χ0n) is 9.09. The van der Waals surface area contributed by atoms with Crippen molar-refractivity contribution in [1.29, 1.82) is 0 Å². The first-order valence-electron chi connectivity index (χ1n) is 4.89. The predicted molar refractivity (Wildman–Crippen MR) is 70.1 cm³/mol. The van der Waals surface area contributed by atoms with E-state index < -0.39 is 5.82 Å². The van der Waals surface area contributed by atoms with Gasteiger partial charge in [0.25, 0.3) is 0 Å². The number of aromatic nitrogens is 2. The third-order valence-corrected chi connectivity index (χ3v) is 3.75. The van der Waals surface area contributed by atoms with Crippen LogP contribution in [0.25, 0.3) is 0 Å². The minimum absolute atomic E-state index is 0.172. The first-order valence-corrected chi connectivity index (χ1v) is 6.65. The summed E-state index contributed by atoms with van der Waals surface area (Å²) >= 11 is 2.48. The zero-order valence-corrected chi connectivity index (χ0v) is 10.7. The van der Waals surface area contributed by atoms with Crippen molar-refractivity contribution in [2.24, 2.45) is 0 Å². The molecule has 0 radical (unpaired) electrons. The molecule has 94 valence electrons. The van der Waals surface area contributed by atoms with Crippen LogP contribution in [0, 0.1) is 5.82 Å². The standard InChI is InChI=1S/C10H9FN4OS2/c11-6-1-2-7(12)8(3-6)15-9(16)4-17-10-13-5-14-18-10/h1-3,5H,4,12H2,(H,15,16). The lowest BCUT2D eigenvalue weighted by Crippen LogP contribution is -2.15. The first-order chi connectivity index (χ1) is 8.65. The van der Waals surface area contributed by atoms with Crippen molar-refractivity contribution < 1.29 is 9.18 Å². The SMILES string of the molecule is Nc1ccc(F)cc1NC(=O)CSc1ncns1. The minimum Gasteiger partial charge on any atom is -0.397 e. The Morgan fingerprint density at radius 1 is 1.56 bits per heavy atom. The fraction of sp³-hybridized carbons (Fsp3) is 0.100. The Morgan fingerprint density at radius 2 is 2.39 bits per heavy atom. The maximum atomic E-state index is 13.0. The lowest BCUT2D eigenvalue weighted by atomic mass is 10.2. The maximum absolute atomic E-state index is 13.0. The summed E-state index contributed by atoms with van der Waals surface area (Å²) in [5.41, 5.74) is 6.22. The van der Waals surface area contributed by atoms with Crippen LogP contribution in [-0.4, -0.2) is 21.0 Å². The number of nitrogens with two attached hydrogens (primary N) is 1. The van der Waals surface area contributed by atoms with E-state index in [1.165, 1.54) is 47.8 Å². The molecule has 0 fully saturated rings. The smallest absolute Gasteiger partial charge is 0.234 e. The zero-order chi connectivity index (χ0) is 13.0. The molecule has 0 aliphatic heterocycles. The number of nitrogen functional groups attached to an aromatic ring is 1. The van der Waals surface area contributed by atoms with E-state index in [1.807, 2.05) is 0 Å². The lowest BCUT2D eigenvalue weighted by molar-refractivity contribution is -0.113. The van der Waals surface area contributed by atoms with Gasteiger partial charge in [0.2, 0.25) is 5.91 Å². The highest BCUT2D eigenvalue weighted by atomic mass is 32.2. The second-order valence-corrected chi connectivity index (χ2v) is 5.28. The van der Waals surface area contributed by atoms with Gasteiger partial charge < -0.3 is 11.1 Å². The van der Waals surface area contributed by atoms with Gasteiger partial charge in [0, 0.05) is 0 Å². The molecule has 0 atom stereocenters. The Kier molecular flexibility index (Phi) is 4.11. The van der Waals surface area contributed by atoms with E-state index in [1.54, 1.807) is 0 Å². The second kappa shape index (κ2) is 5.78. The molecule has 8 heteroatoms. The van der Waals surface area contributed by atoms with Gasteiger partial charge in [-0.1, -0.05) is 11.8 Å². The lowest BCUT2D eigenvalue weighted by Gasteiger charge is -2.07. The van der Waals surface area contributed by atoms with Crippen molar-refractivity contribution in [3.63, 3.8) is 0 Å². The number of anilines is 2. The van der Waals surface area contributed by atoms with E-state index >= 15 is 0 Å². The highest BCUT2D eigenvalue weighted by molar-refractivity contribution is 8.01. The van der Waals surface area contributed by atoms with Crippen LogP contribution in [0.15, 0.2) is 28.9 Å². The van der Waals surface area contributed by atoms with E-state index in [0.717, 1.165) is 0 Å². The van der Waals surface area contributed by atoms with Crippen LogP contribution in [0.2, 0.25) is 0 Å². The van der Waals surface area contributed by atoms with Gasteiger partial charge in [-0.25, -0.2) is 9.37 Å². The van der Waals surface area contributed by atoms with Crippen LogP contribution in [0.1, 0.15) is 0 Å². The topological polar surface area (TPSA) is 80.9 Å². The number of carbonyl (C=O) groups is 1. The summed E-state index contributed by atoms with van der Waals surface area (Å²) in [7, 11) is 0. The molecule has 2 rings (SSSR count). The second-order valence-electron chi connectivity index (χ2n) is 3.28. The predicted octanol–water partition coefficient (Wildman–Crippen LogP) is 1.99. The Hall–Kier alpha value is -1.67. The average Bonchev–Trinajstić information content (AvgIpc) is 2.84. The van der Waals surface area contributed by atoms with Crippen molar-refractivity contribution in [2.45, 2.75) is 4.34 Å². The fourth-order valence-electron chi connectivity index (χ4n) is 1.18. The monoisotopic (exact) mass is 284 g/mol. The quantitative estimate of drug-likeness (QED) is 0.663. The molecule has 0 bridgehead atoms. The average molecular weight is 284 g/mol. The molecule has 0 saturated heterocycles. The van der Waals surface area contributed by atoms with Crippen LogP contribution in [0.4, 0.5) is 15.8 Å². The molecular weight excluding hydrogens is 275 g/mol. The summed E-state index contributed by atoms with van der Waals surface area (Å²) < 4.78 is 17.5. The van der Waals surface area contributed by atoms with Crippen LogP contribution in [0.5, 0.6) is 0 Å². The molecule has 2 aromatic rings. The molecule has 0 aliphatic rings. The van der Waals surface area contributed by atoms with Gasteiger partial charge >= 0.3 is 0 Å². The van der Waals surface area contributed by atoms with Gasteiger partial charge in [-0.3, -0.25) is 4.79 Å². The highest BCUT2D eigenvalue weighted by Crippen LogP contribution is 2.21. The molecule has 18 heavy (non-hydrogen) atoms. The molecule has 3 N–H and O–H groups in total. The van der Waals surface area contributed by atoms with Crippen molar-refractivity contribution in [3.8, 4) is 0 Å². The fourth-order valence-corrected chi connectivity index (χ4v) is 2.42. The highest BCUT2D eigenvalue weighted by Gasteiger charge is 2.08. The largest absolute Gasteiger partial charge is 0.397 e. The van der Waals surface area contributed by atoms with E-state index in [4.69, 9.17) is 5.73 Å². The van der Waals surface area contributed by atoms with Gasteiger partial charge in [0.05, 0.1) is 17.1 Å². The van der Waals surface area contributed by atoms with E-state index in [-0.39, 0.29) is 17.3 Å². The Balaban J connectivity index is 1.92. The molecule has 1 aromatic carbocycles. The summed E-state index contributed by atoms with van der Waals surface area (Å²) in [6, 6.07) is 3.83. The number of carbonyl (C=O) groups excluding carboxylic acids is 1. The molecular formula is C10H9FN4OS2. The normalized spacial score (nSPS) is 10.3. The summed E-state index contributed by atoms with van der Waals surface area (Å²) in [6.07, 6.45) is 1.43. The number of hydrogen-bond donors (Lipinski definition) is 2. The summed E-state index contributed by atoms with van der Waals surface area (Å²) in [6.45, 7) is 0. The third-order valence-electron chi connectivity index (χ3n) is 1.96. The number of amides is 1. The molecule has 1 heterocycles. The molecule has 0 spiro atoms. The molecule has 1 aromatic heterocycles. The van der Waals surface area contributed by atoms with Crippen LogP contribution in [0.3, 0.4) is 0 Å². The van der Waals surface area contributed by atoms with E-state index in [2.05, 4.69) is 14.7 Å². The van der Waals surface area contributed by atoms with E-state index in [0.29, 0.717) is 10.0 Å². The number of nitrogens with one attached hydrogen (secondary N) is 1. The first kappa shape index (κ1) is 12.8. The molecule has 0 saturated carbocycles. The van der Waals surface area contributed by atoms with Crippen molar-refractivity contribution >= 4 is 40.6 Å². The number of benzene rings is 1. The molecule has 5 nitrogen and oxygen atoms in total. The van der Waals surface area contributed by atoms with Crippen molar-refractivity contribution in [2.75, 3.05) is 16.8 Å². The maximum Gasteiger partial charge on any atom is 0.234 e. The van der Waals surface area contributed by atoms with Crippen molar-refractivity contribution in [1.82, 2.24) is 9.36 Å². The number of nitrogens with zero attached hydrogens (tertiary/aromatic N) is 2. The Labute approximate surface area is 111 Å². The van der Waals surface area contributed by atoms with Gasteiger partial charge in [-0.05, 0) is 29.7 Å². The summed E-state index contributed by atoms with van der Waals surface area (Å²) in [5, 5.41) is 2.55. The summed E-state index contributed by atoms with van der Waals surface area (Å²) in [4.78, 5) is 15.6. The van der Waals surface area contributed by atoms with Gasteiger partial charge in [0.15, 0.2) is 4.34 Å². The Bertz CT molecular complexity index is 547. The third kappa shape index (κ3) is 3.41. The van der Waals surface area contributed by atoms with Crippen LogP contribution < -0.4 is 11.1 Å². The van der Waals surface area contributed by atoms with Crippen LogP contribution >= 0.6 is 23.3 Å². The molecule has 0 aliphatic carbocycles. The number of rotatable bonds is 4. The molecule has 1 amide bonds. The van der Waals surface area contributed by atoms with Crippen LogP contribution in [-0.2, 0) is 4.79 Å². The Morgan fingerprint density at radius 3 is 3.11 bits per heavy atom. The van der Waals surface area contributed by atoms with Gasteiger partial charge in [-0.2, -0.15) is 4.37 Å². The van der Waals surface area contributed by atoms with Crippen molar-refractivity contribution in [3.05, 3.63) is 30.3 Å². The number of hydrogen-bond acceptors (Lipinski definition) is 6. The summed E-state index contributed by atoms with van der Waals surface area (Å²) in [5.74, 6) is -0.547. The number of halogens is 1. The van der Waals surface area contributed by atoms with Gasteiger partial charge in [-0.15, -0.1) is 0 Å². The minimum atomic E-state index is -0.448. The van der Waals surface area contributed by atoms with Gasteiger partial charge in [0.1, 0.15) is 12.1 Å². The van der Waals surface area contributed by atoms with E-state index in [9.17, 15) is 9.18 Å². The molecule has 0 unspecified atom stereocenters.